The molecule has 0 amide bonds. The molecule has 1 aromatic heterocycles. The molecule has 6 nitrogen and oxygen atoms in total. The van der Waals surface area contributed by atoms with Crippen molar-refractivity contribution in [2.24, 2.45) is 0 Å². The van der Waals surface area contributed by atoms with E-state index in [-0.39, 0.29) is 10.7 Å². The number of thioether (sulfide) groups is 1. The minimum Gasteiger partial charge on any atom is -0.388 e. The lowest BCUT2D eigenvalue weighted by Gasteiger charge is -2.33. The van der Waals surface area contributed by atoms with Crippen molar-refractivity contribution in [3.8, 4) is 0 Å². The number of rotatable bonds is 8. The Balaban J connectivity index is 1.31. The van der Waals surface area contributed by atoms with Gasteiger partial charge in [-0.1, -0.05) is 42.5 Å². The maximum atomic E-state index is 13.0. The molecule has 1 aliphatic rings. The molecular formula is C24H26FN3O3S2. The van der Waals surface area contributed by atoms with Gasteiger partial charge in [0.2, 0.25) is 10.0 Å². The summed E-state index contributed by atoms with van der Waals surface area (Å²) >= 11 is 1.31. The second-order valence-electron chi connectivity index (χ2n) is 7.88. The predicted octanol–water partition coefficient (Wildman–Crippen LogP) is 3.55. The van der Waals surface area contributed by atoms with Crippen LogP contribution in [-0.4, -0.2) is 59.6 Å². The summed E-state index contributed by atoms with van der Waals surface area (Å²) in [4.78, 5) is 6.69. The smallest absolute Gasteiger partial charge is 0.244 e. The highest BCUT2D eigenvalue weighted by Gasteiger charge is 2.28. The Morgan fingerprint density at radius 2 is 1.67 bits per heavy atom. The second kappa shape index (κ2) is 10.8. The number of aromatic nitrogens is 1. The van der Waals surface area contributed by atoms with Gasteiger partial charge in [0.15, 0.2) is 0 Å². The molecule has 1 fully saturated rings. The first kappa shape index (κ1) is 23.8. The largest absolute Gasteiger partial charge is 0.388 e. The topological polar surface area (TPSA) is 73.7 Å². The fourth-order valence-corrected chi connectivity index (χ4v) is 5.85. The first-order valence-electron chi connectivity index (χ1n) is 10.7. The molecule has 0 radical (unpaired) electrons. The van der Waals surface area contributed by atoms with Crippen molar-refractivity contribution in [1.82, 2.24) is 14.2 Å². The van der Waals surface area contributed by atoms with Crippen LogP contribution in [0.3, 0.4) is 0 Å². The number of aliphatic hydroxyl groups is 1. The van der Waals surface area contributed by atoms with E-state index in [1.165, 1.54) is 40.0 Å². The van der Waals surface area contributed by atoms with Crippen molar-refractivity contribution in [2.45, 2.75) is 22.6 Å². The van der Waals surface area contributed by atoms with Crippen LogP contribution in [0.15, 0.2) is 82.8 Å². The van der Waals surface area contributed by atoms with Crippen molar-refractivity contribution < 1.29 is 17.9 Å². The van der Waals surface area contributed by atoms with Gasteiger partial charge in [0.25, 0.3) is 0 Å². The Hall–Kier alpha value is -2.30. The lowest BCUT2D eigenvalue weighted by molar-refractivity contribution is 0.181. The maximum Gasteiger partial charge on any atom is 0.244 e. The highest BCUT2D eigenvalue weighted by Crippen LogP contribution is 2.25. The van der Waals surface area contributed by atoms with Gasteiger partial charge in [-0.25, -0.2) is 17.8 Å². The Labute approximate surface area is 198 Å². The molecule has 0 bridgehead atoms. The second-order valence-corrected chi connectivity index (χ2v) is 10.9. The molecule has 3 aromatic rings. The van der Waals surface area contributed by atoms with Crippen LogP contribution in [0.1, 0.15) is 17.2 Å². The van der Waals surface area contributed by atoms with E-state index in [2.05, 4.69) is 22.0 Å². The third kappa shape index (κ3) is 6.18. The fourth-order valence-electron chi connectivity index (χ4n) is 3.67. The van der Waals surface area contributed by atoms with E-state index < -0.39 is 16.1 Å². The van der Waals surface area contributed by atoms with Gasteiger partial charge in [-0.05, 0) is 35.4 Å². The summed E-state index contributed by atoms with van der Waals surface area (Å²) in [6, 6.07) is 19.1. The van der Waals surface area contributed by atoms with Crippen molar-refractivity contribution in [2.75, 3.05) is 31.9 Å². The standard InChI is InChI=1S/C24H26FN3O3S2/c25-21-8-6-20(7-9-21)23(29)18-32-24-11-10-22(16-26-24)33(30,31)28-14-12-27(13-15-28)17-19-4-2-1-3-5-19/h1-11,16,23,29H,12-15,17-18H2. The van der Waals surface area contributed by atoms with Crippen LogP contribution in [0, 0.1) is 5.82 Å². The Morgan fingerprint density at radius 3 is 2.30 bits per heavy atom. The van der Waals surface area contributed by atoms with Crippen molar-refractivity contribution in [3.63, 3.8) is 0 Å². The summed E-state index contributed by atoms with van der Waals surface area (Å²) in [6.07, 6.45) is 0.603. The zero-order valence-electron chi connectivity index (χ0n) is 18.0. The molecule has 0 saturated carbocycles. The van der Waals surface area contributed by atoms with Crippen LogP contribution < -0.4 is 0 Å². The molecule has 174 valence electrons. The Bertz CT molecular complexity index is 1140. The summed E-state index contributed by atoms with van der Waals surface area (Å²) in [6.45, 7) is 3.05. The van der Waals surface area contributed by atoms with E-state index in [1.807, 2.05) is 18.2 Å². The van der Waals surface area contributed by atoms with Gasteiger partial charge in [-0.3, -0.25) is 4.90 Å². The maximum absolute atomic E-state index is 13.0. The van der Waals surface area contributed by atoms with Gasteiger partial charge in [-0.2, -0.15) is 4.31 Å². The minimum absolute atomic E-state index is 0.169. The van der Waals surface area contributed by atoms with Gasteiger partial charge < -0.3 is 5.11 Å². The number of hydrogen-bond acceptors (Lipinski definition) is 6. The van der Waals surface area contributed by atoms with E-state index in [1.54, 1.807) is 24.3 Å². The molecule has 2 aromatic carbocycles. The number of hydrogen-bond donors (Lipinski definition) is 1. The quantitative estimate of drug-likeness (QED) is 0.490. The molecule has 1 atom stereocenters. The average molecular weight is 488 g/mol. The zero-order valence-corrected chi connectivity index (χ0v) is 19.7. The summed E-state index contributed by atoms with van der Waals surface area (Å²) in [5.74, 6) is -0.0247. The number of pyridine rings is 1. The molecule has 2 heterocycles. The molecule has 0 aliphatic carbocycles. The lowest BCUT2D eigenvalue weighted by atomic mass is 10.1. The number of nitrogens with zero attached hydrogens (tertiary/aromatic N) is 3. The van der Waals surface area contributed by atoms with Crippen LogP contribution in [0.5, 0.6) is 0 Å². The van der Waals surface area contributed by atoms with Gasteiger partial charge in [-0.15, -0.1) is 11.8 Å². The van der Waals surface area contributed by atoms with Crippen molar-refractivity contribution in [3.05, 3.63) is 89.9 Å². The van der Waals surface area contributed by atoms with E-state index in [9.17, 15) is 17.9 Å². The fraction of sp³-hybridized carbons (Fsp3) is 0.292. The van der Waals surface area contributed by atoms with Crippen LogP contribution in [-0.2, 0) is 16.6 Å². The first-order valence-corrected chi connectivity index (χ1v) is 13.1. The summed E-state index contributed by atoms with van der Waals surface area (Å²) in [5, 5.41) is 10.9. The van der Waals surface area contributed by atoms with Gasteiger partial charge in [0.05, 0.1) is 11.1 Å². The van der Waals surface area contributed by atoms with Crippen LogP contribution >= 0.6 is 11.8 Å². The molecule has 0 spiro atoms. The van der Waals surface area contributed by atoms with Crippen LogP contribution in [0.4, 0.5) is 4.39 Å². The highest BCUT2D eigenvalue weighted by atomic mass is 32.2. The molecule has 9 heteroatoms. The summed E-state index contributed by atoms with van der Waals surface area (Å²) < 4.78 is 40.6. The number of aliphatic hydroxyl groups excluding tert-OH is 1. The number of halogens is 1. The predicted molar refractivity (Wildman–Crippen MR) is 127 cm³/mol. The monoisotopic (exact) mass is 487 g/mol. The number of benzene rings is 2. The first-order chi connectivity index (χ1) is 15.9. The van der Waals surface area contributed by atoms with Gasteiger partial charge in [0, 0.05) is 44.7 Å². The molecule has 33 heavy (non-hydrogen) atoms. The SMILES string of the molecule is O=S(=O)(c1ccc(SCC(O)c2ccc(F)cc2)nc1)N1CCN(Cc2ccccc2)CC1. The van der Waals surface area contributed by atoms with Crippen LogP contribution in [0.25, 0.3) is 0 Å². The molecular weight excluding hydrogens is 461 g/mol. The summed E-state index contributed by atoms with van der Waals surface area (Å²) in [7, 11) is -3.60. The Kier molecular flexibility index (Phi) is 7.77. The number of sulfonamides is 1. The molecule has 1 N–H and O–H groups in total. The lowest BCUT2D eigenvalue weighted by Crippen LogP contribution is -2.48. The van der Waals surface area contributed by atoms with E-state index in [0.29, 0.717) is 42.5 Å². The van der Waals surface area contributed by atoms with Gasteiger partial charge in [0.1, 0.15) is 10.7 Å². The zero-order chi connectivity index (χ0) is 23.3. The highest BCUT2D eigenvalue weighted by molar-refractivity contribution is 7.99. The molecule has 4 rings (SSSR count). The third-order valence-corrected chi connectivity index (χ3v) is 8.47. The van der Waals surface area contributed by atoms with Gasteiger partial charge >= 0.3 is 0 Å². The van der Waals surface area contributed by atoms with Crippen molar-refractivity contribution >= 4 is 21.8 Å². The van der Waals surface area contributed by atoms with E-state index in [4.69, 9.17) is 0 Å². The Morgan fingerprint density at radius 1 is 0.970 bits per heavy atom. The number of piperazine rings is 1. The van der Waals surface area contributed by atoms with E-state index >= 15 is 0 Å². The van der Waals surface area contributed by atoms with Crippen molar-refractivity contribution in [1.29, 1.82) is 0 Å². The summed E-state index contributed by atoms with van der Waals surface area (Å²) in [5.41, 5.74) is 1.84. The van der Waals surface area contributed by atoms with Crippen LogP contribution in [0.2, 0.25) is 0 Å². The average Bonchev–Trinajstić information content (AvgIpc) is 2.84. The normalized spacial score (nSPS) is 16.5. The minimum atomic E-state index is -3.60. The molecule has 1 aliphatic heterocycles. The molecule has 1 unspecified atom stereocenters. The van der Waals surface area contributed by atoms with E-state index in [0.717, 1.165) is 6.54 Å². The third-order valence-electron chi connectivity index (χ3n) is 5.57. The molecule has 1 saturated heterocycles.